The molecule has 0 unspecified atom stereocenters. The number of carbonyl (C=O) groups excluding carboxylic acids is 1. The lowest BCUT2D eigenvalue weighted by Crippen LogP contribution is -2.45. The van der Waals surface area contributed by atoms with E-state index in [2.05, 4.69) is 20.3 Å². The van der Waals surface area contributed by atoms with Crippen molar-refractivity contribution in [2.24, 2.45) is 5.41 Å². The number of hydrogen-bond donors (Lipinski definition) is 2. The Labute approximate surface area is 219 Å². The van der Waals surface area contributed by atoms with Crippen molar-refractivity contribution < 1.29 is 23.4 Å². The first-order valence-corrected chi connectivity index (χ1v) is 12.2. The van der Waals surface area contributed by atoms with Crippen LogP contribution in [-0.2, 0) is 20.7 Å². The van der Waals surface area contributed by atoms with Crippen LogP contribution in [0, 0.1) is 11.2 Å². The number of aromatic nitrogens is 4. The predicted octanol–water partition coefficient (Wildman–Crippen LogP) is 4.09. The second-order valence-electron chi connectivity index (χ2n) is 9.48. The Morgan fingerprint density at radius 2 is 1.84 bits per heavy atom. The molecule has 1 saturated heterocycles. The Hall–Kier alpha value is -4.15. The van der Waals surface area contributed by atoms with E-state index in [1.807, 2.05) is 37.3 Å². The molecule has 0 saturated carbocycles. The van der Waals surface area contributed by atoms with Crippen molar-refractivity contribution in [2.45, 2.75) is 19.6 Å². The molecule has 5 rings (SSSR count). The standard InChI is InChI=1S/C28H28FN5O4/c1-28(15-31-22(35)14-18-6-4-3-5-7-18)16-37-26(38-17-28)25-33-23(19-8-10-20(29)11-9-19)24(34-25)21-12-13-30-27(32-21)36-2/h3-13,26H,14-17H2,1-2H3,(H,31,35)(H,33,34). The number of rotatable bonds is 8. The van der Waals surface area contributed by atoms with Crippen LogP contribution < -0.4 is 10.1 Å². The fourth-order valence-corrected chi connectivity index (χ4v) is 4.14. The summed E-state index contributed by atoms with van der Waals surface area (Å²) in [5.41, 5.74) is 2.96. The van der Waals surface area contributed by atoms with Gasteiger partial charge in [-0.1, -0.05) is 37.3 Å². The van der Waals surface area contributed by atoms with Crippen LogP contribution in [0.5, 0.6) is 6.01 Å². The van der Waals surface area contributed by atoms with E-state index >= 15 is 0 Å². The highest BCUT2D eigenvalue weighted by Gasteiger charge is 2.35. The molecule has 1 aliphatic rings. The first-order valence-electron chi connectivity index (χ1n) is 12.2. The largest absolute Gasteiger partial charge is 0.467 e. The van der Waals surface area contributed by atoms with Gasteiger partial charge >= 0.3 is 6.01 Å². The fourth-order valence-electron chi connectivity index (χ4n) is 4.14. The highest BCUT2D eigenvalue weighted by molar-refractivity contribution is 5.78. The van der Waals surface area contributed by atoms with Gasteiger partial charge in [-0.3, -0.25) is 4.79 Å². The molecule has 196 valence electrons. The van der Waals surface area contributed by atoms with Crippen molar-refractivity contribution in [3.05, 3.63) is 84.1 Å². The number of carbonyl (C=O) groups is 1. The molecule has 2 aromatic heterocycles. The summed E-state index contributed by atoms with van der Waals surface area (Å²) in [6.07, 6.45) is 1.15. The zero-order valence-corrected chi connectivity index (χ0v) is 21.1. The summed E-state index contributed by atoms with van der Waals surface area (Å²) >= 11 is 0. The zero-order chi connectivity index (χ0) is 26.5. The van der Waals surface area contributed by atoms with E-state index in [9.17, 15) is 9.18 Å². The van der Waals surface area contributed by atoms with E-state index < -0.39 is 11.7 Å². The number of methoxy groups -OCH3 is 1. The summed E-state index contributed by atoms with van der Waals surface area (Å²) in [7, 11) is 1.49. The summed E-state index contributed by atoms with van der Waals surface area (Å²) in [6.45, 7) is 3.12. The molecule has 2 aromatic carbocycles. The van der Waals surface area contributed by atoms with Gasteiger partial charge in [0.1, 0.15) is 5.82 Å². The molecule has 2 N–H and O–H groups in total. The molecular weight excluding hydrogens is 489 g/mol. The predicted molar refractivity (Wildman–Crippen MR) is 137 cm³/mol. The number of halogens is 1. The van der Waals surface area contributed by atoms with Crippen LogP contribution in [0.3, 0.4) is 0 Å². The number of nitrogens with zero attached hydrogens (tertiary/aromatic N) is 3. The maximum Gasteiger partial charge on any atom is 0.316 e. The van der Waals surface area contributed by atoms with Gasteiger partial charge < -0.3 is 24.5 Å². The summed E-state index contributed by atoms with van der Waals surface area (Å²) in [6, 6.07) is 17.6. The number of amides is 1. The third kappa shape index (κ3) is 5.87. The van der Waals surface area contributed by atoms with Crippen LogP contribution in [0.4, 0.5) is 4.39 Å². The van der Waals surface area contributed by atoms with Crippen molar-refractivity contribution in [2.75, 3.05) is 26.9 Å². The van der Waals surface area contributed by atoms with Crippen molar-refractivity contribution in [1.82, 2.24) is 25.3 Å². The molecule has 38 heavy (non-hydrogen) atoms. The number of nitrogens with one attached hydrogen (secondary N) is 2. The van der Waals surface area contributed by atoms with Crippen molar-refractivity contribution in [3.8, 4) is 28.7 Å². The molecule has 0 bridgehead atoms. The van der Waals surface area contributed by atoms with E-state index in [0.29, 0.717) is 54.6 Å². The molecule has 1 amide bonds. The first kappa shape index (κ1) is 25.5. The summed E-state index contributed by atoms with van der Waals surface area (Å²) in [5.74, 6) is 0.0513. The minimum atomic E-state index is -0.750. The van der Waals surface area contributed by atoms with Crippen LogP contribution in [-0.4, -0.2) is 52.7 Å². The Kier molecular flexibility index (Phi) is 7.43. The lowest BCUT2D eigenvalue weighted by molar-refractivity contribution is -0.232. The van der Waals surface area contributed by atoms with Crippen LogP contribution in [0.1, 0.15) is 24.6 Å². The molecule has 0 spiro atoms. The number of aromatic amines is 1. The maximum atomic E-state index is 13.6. The maximum absolute atomic E-state index is 13.6. The quantitative estimate of drug-likeness (QED) is 0.362. The van der Waals surface area contributed by atoms with Gasteiger partial charge in [-0.15, -0.1) is 0 Å². The molecule has 0 aliphatic carbocycles. The summed E-state index contributed by atoms with van der Waals surface area (Å²) < 4.78 is 30.9. The number of H-pyrrole nitrogens is 1. The van der Waals surface area contributed by atoms with E-state index in [1.165, 1.54) is 19.2 Å². The van der Waals surface area contributed by atoms with Crippen LogP contribution in [0.15, 0.2) is 66.9 Å². The van der Waals surface area contributed by atoms with Crippen molar-refractivity contribution in [1.29, 1.82) is 0 Å². The van der Waals surface area contributed by atoms with Gasteiger partial charge in [0.15, 0.2) is 5.82 Å². The molecule has 9 nitrogen and oxygen atoms in total. The minimum Gasteiger partial charge on any atom is -0.467 e. The highest BCUT2D eigenvalue weighted by Crippen LogP contribution is 2.35. The van der Waals surface area contributed by atoms with Crippen molar-refractivity contribution >= 4 is 5.91 Å². The first-order chi connectivity index (χ1) is 18.4. The third-order valence-corrected chi connectivity index (χ3v) is 6.22. The van der Waals surface area contributed by atoms with Crippen LogP contribution in [0.2, 0.25) is 0 Å². The number of hydrogen-bond acceptors (Lipinski definition) is 7. The van der Waals surface area contributed by atoms with Gasteiger partial charge in [0.2, 0.25) is 12.2 Å². The fraction of sp³-hybridized carbons (Fsp3) is 0.286. The van der Waals surface area contributed by atoms with Gasteiger partial charge in [0.05, 0.1) is 43.8 Å². The highest BCUT2D eigenvalue weighted by atomic mass is 19.1. The van der Waals surface area contributed by atoms with Gasteiger partial charge in [0, 0.05) is 23.7 Å². The molecule has 1 aliphatic heterocycles. The second-order valence-corrected chi connectivity index (χ2v) is 9.48. The SMILES string of the molecule is COc1nccc(-c2[nH]c(C3OCC(C)(CNC(=O)Cc4ccccc4)CO3)nc2-c2ccc(F)cc2)n1. The van der Waals surface area contributed by atoms with E-state index in [-0.39, 0.29) is 17.7 Å². The van der Waals surface area contributed by atoms with Gasteiger partial charge in [0.25, 0.3) is 0 Å². The summed E-state index contributed by atoms with van der Waals surface area (Å²) in [4.78, 5) is 28.9. The molecule has 10 heteroatoms. The third-order valence-electron chi connectivity index (χ3n) is 6.22. The molecule has 0 radical (unpaired) electrons. The topological polar surface area (TPSA) is 111 Å². The van der Waals surface area contributed by atoms with Gasteiger partial charge in [-0.05, 0) is 35.9 Å². The second kappa shape index (κ2) is 11.1. The lowest BCUT2D eigenvalue weighted by atomic mass is 9.92. The van der Waals surface area contributed by atoms with E-state index in [0.717, 1.165) is 5.56 Å². The number of imidazole rings is 1. The molecule has 1 fully saturated rings. The average Bonchev–Trinajstić information content (AvgIpc) is 3.39. The average molecular weight is 518 g/mol. The molecule has 3 heterocycles. The Morgan fingerprint density at radius 3 is 2.55 bits per heavy atom. The molecular formula is C28H28FN5O4. The minimum absolute atomic E-state index is 0.0561. The normalized spacial score (nSPS) is 19.2. The van der Waals surface area contributed by atoms with E-state index in [1.54, 1.807) is 24.4 Å². The lowest BCUT2D eigenvalue weighted by Gasteiger charge is -2.36. The zero-order valence-electron chi connectivity index (χ0n) is 21.1. The van der Waals surface area contributed by atoms with Gasteiger partial charge in [-0.25, -0.2) is 14.4 Å². The Bertz CT molecular complexity index is 1390. The number of benzene rings is 2. The Balaban J connectivity index is 1.30. The van der Waals surface area contributed by atoms with Gasteiger partial charge in [-0.2, -0.15) is 4.98 Å². The smallest absolute Gasteiger partial charge is 0.316 e. The van der Waals surface area contributed by atoms with Crippen LogP contribution in [0.25, 0.3) is 22.6 Å². The van der Waals surface area contributed by atoms with Crippen LogP contribution >= 0.6 is 0 Å². The summed E-state index contributed by atoms with van der Waals surface area (Å²) in [5, 5.41) is 2.99. The molecule has 4 aromatic rings. The van der Waals surface area contributed by atoms with E-state index in [4.69, 9.17) is 19.2 Å². The van der Waals surface area contributed by atoms with Crippen molar-refractivity contribution in [3.63, 3.8) is 0 Å². The number of ether oxygens (including phenoxy) is 3. The Morgan fingerprint density at radius 1 is 1.11 bits per heavy atom. The monoisotopic (exact) mass is 517 g/mol. The molecule has 0 atom stereocenters.